The Morgan fingerprint density at radius 3 is 2.47 bits per heavy atom. The number of fused-ring (bicyclic) bond motifs is 1. The Labute approximate surface area is 176 Å². The minimum Gasteiger partial charge on any atom is -0.490 e. The maximum atomic E-state index is 12.7. The fourth-order valence-electron chi connectivity index (χ4n) is 3.26. The quantitative estimate of drug-likeness (QED) is 0.635. The van der Waals surface area contributed by atoms with E-state index in [4.69, 9.17) is 14.2 Å². The van der Waals surface area contributed by atoms with Crippen LogP contribution in [-0.4, -0.2) is 19.1 Å². The van der Waals surface area contributed by atoms with Crippen LogP contribution in [0.4, 0.5) is 0 Å². The molecule has 0 aromatic heterocycles. The van der Waals surface area contributed by atoms with Crippen LogP contribution in [0, 0.1) is 0 Å². The molecule has 3 aromatic carbocycles. The second kappa shape index (κ2) is 9.35. The third-order valence-electron chi connectivity index (χ3n) is 4.98. The van der Waals surface area contributed by atoms with Crippen molar-refractivity contribution < 1.29 is 19.0 Å². The van der Waals surface area contributed by atoms with E-state index in [1.54, 1.807) is 12.1 Å². The van der Waals surface area contributed by atoms with Gasteiger partial charge < -0.3 is 19.5 Å². The zero-order chi connectivity index (χ0) is 20.8. The fourth-order valence-corrected chi connectivity index (χ4v) is 3.26. The molecule has 30 heavy (non-hydrogen) atoms. The summed E-state index contributed by atoms with van der Waals surface area (Å²) in [5.74, 6) is 2.07. The van der Waals surface area contributed by atoms with E-state index in [0.717, 1.165) is 34.8 Å². The minimum atomic E-state index is -0.163. The standard InChI is InChI=1S/C25H25NO4/c1-18(21-10-13-23-24(16-21)29-15-5-14-28-23)26-25(27)20-8-11-22(12-9-20)30-17-19-6-3-2-4-7-19/h2-4,6-13,16,18H,5,14-15,17H2,1H3,(H,26,27)/t18-/m0/s1. The van der Waals surface area contributed by atoms with Gasteiger partial charge in [-0.2, -0.15) is 0 Å². The first-order chi connectivity index (χ1) is 14.7. The van der Waals surface area contributed by atoms with Gasteiger partial charge >= 0.3 is 0 Å². The molecule has 0 spiro atoms. The first-order valence-corrected chi connectivity index (χ1v) is 10.2. The van der Waals surface area contributed by atoms with Crippen molar-refractivity contribution in [2.24, 2.45) is 0 Å². The highest BCUT2D eigenvalue weighted by Gasteiger charge is 2.16. The summed E-state index contributed by atoms with van der Waals surface area (Å²) in [4.78, 5) is 12.7. The lowest BCUT2D eigenvalue weighted by molar-refractivity contribution is 0.0939. The zero-order valence-electron chi connectivity index (χ0n) is 17.0. The molecule has 5 heteroatoms. The lowest BCUT2D eigenvalue weighted by Crippen LogP contribution is -2.26. The van der Waals surface area contributed by atoms with Crippen LogP contribution in [0.5, 0.6) is 17.2 Å². The topological polar surface area (TPSA) is 56.8 Å². The van der Waals surface area contributed by atoms with Crippen molar-refractivity contribution in [3.05, 3.63) is 89.5 Å². The predicted molar refractivity (Wildman–Crippen MR) is 115 cm³/mol. The average molecular weight is 403 g/mol. The molecule has 5 nitrogen and oxygen atoms in total. The number of ether oxygens (including phenoxy) is 3. The Hall–Kier alpha value is -3.47. The van der Waals surface area contributed by atoms with Crippen molar-refractivity contribution in [1.82, 2.24) is 5.32 Å². The summed E-state index contributed by atoms with van der Waals surface area (Å²) in [7, 11) is 0. The van der Waals surface area contributed by atoms with Gasteiger partial charge in [0, 0.05) is 12.0 Å². The lowest BCUT2D eigenvalue weighted by atomic mass is 10.1. The molecular weight excluding hydrogens is 378 g/mol. The molecule has 0 saturated heterocycles. The molecule has 0 unspecified atom stereocenters. The zero-order valence-corrected chi connectivity index (χ0v) is 17.0. The van der Waals surface area contributed by atoms with Crippen LogP contribution in [0.15, 0.2) is 72.8 Å². The Morgan fingerprint density at radius 1 is 0.967 bits per heavy atom. The smallest absolute Gasteiger partial charge is 0.251 e. The molecule has 1 aliphatic heterocycles. The van der Waals surface area contributed by atoms with E-state index in [9.17, 15) is 4.79 Å². The number of amides is 1. The van der Waals surface area contributed by atoms with E-state index in [-0.39, 0.29) is 11.9 Å². The third-order valence-corrected chi connectivity index (χ3v) is 4.98. The summed E-state index contributed by atoms with van der Waals surface area (Å²) in [5.41, 5.74) is 2.65. The fraction of sp³-hybridized carbons (Fsp3) is 0.240. The van der Waals surface area contributed by atoms with Crippen LogP contribution in [0.3, 0.4) is 0 Å². The van der Waals surface area contributed by atoms with Crippen molar-refractivity contribution in [2.45, 2.75) is 26.0 Å². The Balaban J connectivity index is 1.35. The third kappa shape index (κ3) is 4.92. The highest BCUT2D eigenvalue weighted by Crippen LogP contribution is 2.32. The van der Waals surface area contributed by atoms with Crippen LogP contribution < -0.4 is 19.5 Å². The molecule has 1 amide bonds. The Bertz CT molecular complexity index is 986. The maximum absolute atomic E-state index is 12.7. The maximum Gasteiger partial charge on any atom is 0.251 e. The van der Waals surface area contributed by atoms with E-state index in [2.05, 4.69) is 5.32 Å². The van der Waals surface area contributed by atoms with Crippen LogP contribution in [-0.2, 0) is 6.61 Å². The highest BCUT2D eigenvalue weighted by molar-refractivity contribution is 5.94. The second-order valence-corrected chi connectivity index (χ2v) is 7.25. The number of nitrogens with one attached hydrogen (secondary N) is 1. The van der Waals surface area contributed by atoms with Gasteiger partial charge in [-0.25, -0.2) is 0 Å². The summed E-state index contributed by atoms with van der Waals surface area (Å²) >= 11 is 0. The number of benzene rings is 3. The van der Waals surface area contributed by atoms with Crippen molar-refractivity contribution in [3.8, 4) is 17.2 Å². The van der Waals surface area contributed by atoms with E-state index in [1.807, 2.05) is 67.6 Å². The normalized spacial score (nSPS) is 13.8. The van der Waals surface area contributed by atoms with Crippen LogP contribution in [0.1, 0.15) is 40.9 Å². The molecule has 0 radical (unpaired) electrons. The van der Waals surface area contributed by atoms with E-state index in [1.165, 1.54) is 0 Å². The Kier molecular flexibility index (Phi) is 6.18. The molecule has 0 saturated carbocycles. The molecule has 1 heterocycles. The van der Waals surface area contributed by atoms with Gasteiger partial charge in [0.1, 0.15) is 12.4 Å². The van der Waals surface area contributed by atoms with Gasteiger partial charge in [0.05, 0.1) is 19.3 Å². The summed E-state index contributed by atoms with van der Waals surface area (Å²) in [6.45, 7) is 3.74. The Morgan fingerprint density at radius 2 is 1.70 bits per heavy atom. The number of rotatable bonds is 6. The van der Waals surface area contributed by atoms with E-state index >= 15 is 0 Å². The largest absolute Gasteiger partial charge is 0.490 e. The molecule has 0 aliphatic carbocycles. The molecule has 3 aromatic rings. The summed E-state index contributed by atoms with van der Waals surface area (Å²) in [6.07, 6.45) is 0.862. The number of hydrogen-bond acceptors (Lipinski definition) is 4. The van der Waals surface area contributed by atoms with Crippen molar-refractivity contribution >= 4 is 5.91 Å². The number of hydrogen-bond donors (Lipinski definition) is 1. The van der Waals surface area contributed by atoms with Gasteiger partial charge in [0.25, 0.3) is 5.91 Å². The average Bonchev–Trinajstić information content (AvgIpc) is 3.03. The van der Waals surface area contributed by atoms with Gasteiger partial charge in [0.15, 0.2) is 11.5 Å². The van der Waals surface area contributed by atoms with Crippen LogP contribution in [0.25, 0.3) is 0 Å². The van der Waals surface area contributed by atoms with Gasteiger partial charge in [-0.1, -0.05) is 36.4 Å². The van der Waals surface area contributed by atoms with Crippen LogP contribution >= 0.6 is 0 Å². The molecule has 0 bridgehead atoms. The van der Waals surface area contributed by atoms with Crippen molar-refractivity contribution in [2.75, 3.05) is 13.2 Å². The summed E-state index contributed by atoms with van der Waals surface area (Å²) < 4.78 is 17.2. The monoisotopic (exact) mass is 403 g/mol. The molecule has 154 valence electrons. The second-order valence-electron chi connectivity index (χ2n) is 7.25. The van der Waals surface area contributed by atoms with Crippen molar-refractivity contribution in [1.29, 1.82) is 0 Å². The number of carbonyl (C=O) groups is 1. The lowest BCUT2D eigenvalue weighted by Gasteiger charge is -2.16. The van der Waals surface area contributed by atoms with Gasteiger partial charge in [0.2, 0.25) is 0 Å². The molecule has 4 rings (SSSR count). The molecular formula is C25H25NO4. The minimum absolute atomic E-state index is 0.135. The van der Waals surface area contributed by atoms with E-state index in [0.29, 0.717) is 25.4 Å². The first-order valence-electron chi connectivity index (χ1n) is 10.2. The highest BCUT2D eigenvalue weighted by atomic mass is 16.5. The SMILES string of the molecule is C[C@H](NC(=O)c1ccc(OCc2ccccc2)cc1)c1ccc2c(c1)OCCCO2. The molecule has 1 aliphatic rings. The molecule has 0 fully saturated rings. The first kappa shape index (κ1) is 19.8. The van der Waals surface area contributed by atoms with Gasteiger partial charge in [-0.05, 0) is 54.4 Å². The van der Waals surface area contributed by atoms with Crippen LogP contribution in [0.2, 0.25) is 0 Å². The van der Waals surface area contributed by atoms with E-state index < -0.39 is 0 Å². The predicted octanol–water partition coefficient (Wildman–Crippen LogP) is 4.92. The molecule has 1 N–H and O–H groups in total. The van der Waals surface area contributed by atoms with Gasteiger partial charge in [-0.15, -0.1) is 0 Å². The number of carbonyl (C=O) groups excluding carboxylic acids is 1. The molecule has 1 atom stereocenters. The summed E-state index contributed by atoms with van der Waals surface area (Å²) in [6, 6.07) is 22.8. The van der Waals surface area contributed by atoms with Gasteiger partial charge in [-0.3, -0.25) is 4.79 Å². The van der Waals surface area contributed by atoms with Crippen molar-refractivity contribution in [3.63, 3.8) is 0 Å². The summed E-state index contributed by atoms with van der Waals surface area (Å²) in [5, 5.41) is 3.04.